The molecule has 0 saturated heterocycles. The molecule has 0 unspecified atom stereocenters. The zero-order chi connectivity index (χ0) is 17.4. The van der Waals surface area contributed by atoms with Gasteiger partial charge in [-0.05, 0) is 24.1 Å². The van der Waals surface area contributed by atoms with Gasteiger partial charge in [-0.2, -0.15) is 0 Å². The van der Waals surface area contributed by atoms with Gasteiger partial charge >= 0.3 is 0 Å². The maximum Gasteiger partial charge on any atom is 0.195 e. The lowest BCUT2D eigenvalue weighted by Crippen LogP contribution is -2.21. The second-order valence-corrected chi connectivity index (χ2v) is 6.19. The van der Waals surface area contributed by atoms with Crippen LogP contribution in [0, 0.1) is 6.92 Å². The number of allylic oxidation sites excluding steroid dienone is 2. The van der Waals surface area contributed by atoms with Gasteiger partial charge in [0.15, 0.2) is 11.6 Å². The molecule has 0 saturated carbocycles. The molecule has 2 heteroatoms. The van der Waals surface area contributed by atoms with Gasteiger partial charge in [-0.3, -0.25) is 9.59 Å². The number of benzene rings is 3. The second-order valence-electron chi connectivity index (χ2n) is 6.19. The maximum absolute atomic E-state index is 13.3. The molecule has 1 aliphatic carbocycles. The molecule has 0 spiro atoms. The average Bonchev–Trinajstić information content (AvgIpc) is 2.65. The molecule has 0 fully saturated rings. The van der Waals surface area contributed by atoms with Gasteiger partial charge in [0.05, 0.1) is 0 Å². The molecule has 1 aliphatic rings. The van der Waals surface area contributed by atoms with Crippen molar-refractivity contribution in [2.45, 2.75) is 6.92 Å². The monoisotopic (exact) mass is 324 g/mol. The number of hydrogen-bond acceptors (Lipinski definition) is 2. The van der Waals surface area contributed by atoms with E-state index in [2.05, 4.69) is 0 Å². The van der Waals surface area contributed by atoms with Crippen molar-refractivity contribution in [3.63, 3.8) is 0 Å². The highest BCUT2D eigenvalue weighted by atomic mass is 16.1. The van der Waals surface area contributed by atoms with Crippen LogP contribution < -0.4 is 0 Å². The van der Waals surface area contributed by atoms with Gasteiger partial charge in [-0.1, -0.05) is 78.4 Å². The molecule has 120 valence electrons. The van der Waals surface area contributed by atoms with Crippen molar-refractivity contribution in [3.05, 3.63) is 107 Å². The largest absolute Gasteiger partial charge is 0.289 e. The van der Waals surface area contributed by atoms with Gasteiger partial charge in [0.2, 0.25) is 0 Å². The lowest BCUT2D eigenvalue weighted by molar-refractivity contribution is 0.101. The summed E-state index contributed by atoms with van der Waals surface area (Å²) in [7, 11) is 0. The highest BCUT2D eigenvalue weighted by Gasteiger charge is 2.33. The zero-order valence-corrected chi connectivity index (χ0v) is 13.8. The predicted octanol–water partition coefficient (Wildman–Crippen LogP) is 4.99. The first-order valence-corrected chi connectivity index (χ1v) is 8.22. The van der Waals surface area contributed by atoms with E-state index in [1.807, 2.05) is 73.7 Å². The molecular formula is C23H16O2. The van der Waals surface area contributed by atoms with Crippen molar-refractivity contribution in [1.29, 1.82) is 0 Å². The van der Waals surface area contributed by atoms with Crippen molar-refractivity contribution in [2.24, 2.45) is 0 Å². The minimum absolute atomic E-state index is 0.0941. The van der Waals surface area contributed by atoms with Gasteiger partial charge in [-0.25, -0.2) is 0 Å². The number of carbonyl (C=O) groups is 2. The number of ketones is 2. The van der Waals surface area contributed by atoms with Crippen LogP contribution in [0.15, 0.2) is 78.9 Å². The molecule has 0 heterocycles. The topological polar surface area (TPSA) is 34.1 Å². The Morgan fingerprint density at radius 2 is 1.04 bits per heavy atom. The van der Waals surface area contributed by atoms with E-state index in [4.69, 9.17) is 0 Å². The summed E-state index contributed by atoms with van der Waals surface area (Å²) < 4.78 is 0. The summed E-state index contributed by atoms with van der Waals surface area (Å²) in [5.41, 5.74) is 4.44. The molecule has 0 aliphatic heterocycles. The number of carbonyl (C=O) groups excluding carboxylic acids is 2. The van der Waals surface area contributed by atoms with Gasteiger partial charge in [0.1, 0.15) is 0 Å². The van der Waals surface area contributed by atoms with Crippen LogP contribution >= 0.6 is 0 Å². The molecule has 0 N–H and O–H groups in total. The van der Waals surface area contributed by atoms with E-state index in [1.165, 1.54) is 0 Å². The van der Waals surface area contributed by atoms with Crippen molar-refractivity contribution in [3.8, 4) is 0 Å². The summed E-state index contributed by atoms with van der Waals surface area (Å²) in [6.07, 6.45) is 0. The van der Waals surface area contributed by atoms with Crippen LogP contribution in [0.5, 0.6) is 0 Å². The minimum Gasteiger partial charge on any atom is -0.289 e. The Hall–Kier alpha value is -3.26. The number of fused-ring (bicyclic) bond motifs is 1. The lowest BCUT2D eigenvalue weighted by Gasteiger charge is -2.22. The molecule has 0 radical (unpaired) electrons. The quantitative estimate of drug-likeness (QED) is 0.666. The van der Waals surface area contributed by atoms with Crippen molar-refractivity contribution in [1.82, 2.24) is 0 Å². The van der Waals surface area contributed by atoms with E-state index < -0.39 is 0 Å². The number of Topliss-reactive ketones (excluding diaryl/α,β-unsaturated/α-hetero) is 2. The van der Waals surface area contributed by atoms with Crippen LogP contribution in [0.4, 0.5) is 0 Å². The summed E-state index contributed by atoms with van der Waals surface area (Å²) in [6.45, 7) is 1.93. The van der Waals surface area contributed by atoms with Crippen LogP contribution in [0.3, 0.4) is 0 Å². The van der Waals surface area contributed by atoms with Crippen LogP contribution in [-0.4, -0.2) is 11.6 Å². The van der Waals surface area contributed by atoms with Crippen LogP contribution in [0.1, 0.15) is 37.4 Å². The molecule has 25 heavy (non-hydrogen) atoms. The number of hydrogen-bond donors (Lipinski definition) is 0. The summed E-state index contributed by atoms with van der Waals surface area (Å²) in [6, 6.07) is 24.3. The van der Waals surface area contributed by atoms with Gasteiger partial charge < -0.3 is 0 Å². The SMILES string of the molecule is Cc1ccc2c(c1)C(=O)C(c1ccccc1)=C(c1ccccc1)C2=O. The summed E-state index contributed by atoms with van der Waals surface area (Å²) in [4.78, 5) is 26.5. The standard InChI is InChI=1S/C23H16O2/c1-15-12-13-18-19(14-15)23(25)21(17-10-6-3-7-11-17)20(22(18)24)16-8-4-2-5-9-16/h2-14H,1H3. The Kier molecular flexibility index (Phi) is 3.66. The fourth-order valence-corrected chi connectivity index (χ4v) is 3.30. The third-order valence-corrected chi connectivity index (χ3v) is 4.49. The highest BCUT2D eigenvalue weighted by molar-refractivity contribution is 6.51. The molecule has 3 aromatic carbocycles. The normalized spacial score (nSPS) is 13.8. The molecule has 2 nitrogen and oxygen atoms in total. The Balaban J connectivity index is 2.05. The van der Waals surface area contributed by atoms with Crippen molar-refractivity contribution >= 4 is 22.7 Å². The first-order valence-electron chi connectivity index (χ1n) is 8.22. The Bertz CT molecular complexity index is 1010. The number of aryl methyl sites for hydroxylation is 1. The van der Waals surface area contributed by atoms with Crippen molar-refractivity contribution < 1.29 is 9.59 Å². The van der Waals surface area contributed by atoms with E-state index in [9.17, 15) is 9.59 Å². The molecule has 0 amide bonds. The third-order valence-electron chi connectivity index (χ3n) is 4.49. The lowest BCUT2D eigenvalue weighted by atomic mass is 9.78. The first-order chi connectivity index (χ1) is 12.2. The zero-order valence-electron chi connectivity index (χ0n) is 13.8. The van der Waals surface area contributed by atoms with Crippen LogP contribution in [-0.2, 0) is 0 Å². The Morgan fingerprint density at radius 1 is 0.560 bits per heavy atom. The summed E-state index contributed by atoms with van der Waals surface area (Å²) in [5, 5.41) is 0. The van der Waals surface area contributed by atoms with Crippen LogP contribution in [0.2, 0.25) is 0 Å². The molecule has 0 atom stereocenters. The third kappa shape index (κ3) is 2.52. The highest BCUT2D eigenvalue weighted by Crippen LogP contribution is 2.37. The Morgan fingerprint density at radius 3 is 1.56 bits per heavy atom. The van der Waals surface area contributed by atoms with Crippen molar-refractivity contribution in [2.75, 3.05) is 0 Å². The van der Waals surface area contributed by atoms with E-state index in [-0.39, 0.29) is 11.6 Å². The average molecular weight is 324 g/mol. The van der Waals surface area contributed by atoms with Gasteiger partial charge in [-0.15, -0.1) is 0 Å². The van der Waals surface area contributed by atoms with E-state index in [0.717, 1.165) is 16.7 Å². The van der Waals surface area contributed by atoms with Gasteiger partial charge in [0, 0.05) is 22.3 Å². The predicted molar refractivity (Wildman–Crippen MR) is 99.5 cm³/mol. The summed E-state index contributed by atoms with van der Waals surface area (Å²) in [5.74, 6) is -0.192. The molecule has 4 rings (SSSR count). The summed E-state index contributed by atoms with van der Waals surface area (Å²) >= 11 is 0. The van der Waals surface area contributed by atoms with E-state index >= 15 is 0 Å². The maximum atomic E-state index is 13.3. The van der Waals surface area contributed by atoms with Crippen LogP contribution in [0.25, 0.3) is 11.1 Å². The van der Waals surface area contributed by atoms with E-state index in [1.54, 1.807) is 12.1 Å². The fourth-order valence-electron chi connectivity index (χ4n) is 3.30. The molecular weight excluding hydrogens is 308 g/mol. The van der Waals surface area contributed by atoms with E-state index in [0.29, 0.717) is 22.3 Å². The second kappa shape index (κ2) is 5.99. The molecule has 0 aromatic heterocycles. The fraction of sp³-hybridized carbons (Fsp3) is 0.0435. The smallest absolute Gasteiger partial charge is 0.195 e. The number of rotatable bonds is 2. The first kappa shape index (κ1) is 15.3. The molecule has 0 bridgehead atoms. The Labute approximate surface area is 146 Å². The molecule has 3 aromatic rings. The van der Waals surface area contributed by atoms with Gasteiger partial charge in [0.25, 0.3) is 0 Å². The minimum atomic E-state index is -0.0975.